The van der Waals surface area contributed by atoms with E-state index in [-0.39, 0.29) is 17.7 Å². The van der Waals surface area contributed by atoms with E-state index < -0.39 is 5.91 Å². The number of benzene rings is 4. The van der Waals surface area contributed by atoms with Crippen LogP contribution in [0, 0.1) is 22.7 Å². The molecule has 0 aliphatic rings. The standard InChI is InChI=1S/C22H21N7O2.C16H8ClN7O2/c1-4-13(2)31-16-7-6-15-10-20(29(3)19(15)11-16)22(30)24-18-8-5-14(12-23)9-17(18)21-25-27-28-26-21;17-9-2-3-10-13(6-9)26-22-14(10)16(25)19-12-4-1-8(7-18)5-11(12)15-20-23-24-21-15/h5-11,13H,4H2,1-3H3,(H,24,30)(H,25,26,27,28);1-6H,(H,19,25)(H,20,21,23,24). The van der Waals surface area contributed by atoms with Gasteiger partial charge in [-0.2, -0.15) is 10.5 Å². The van der Waals surface area contributed by atoms with Crippen LogP contribution in [0.1, 0.15) is 52.4 Å². The average Bonchev–Trinajstić information content (AvgIpc) is 4.07. The minimum Gasteiger partial charge on any atom is -0.491 e. The first kappa shape index (κ1) is 37.4. The maximum Gasteiger partial charge on any atom is 0.278 e. The van der Waals surface area contributed by atoms with Gasteiger partial charge in [0.2, 0.25) is 0 Å². The van der Waals surface area contributed by atoms with Gasteiger partial charge in [0.05, 0.1) is 51.6 Å². The summed E-state index contributed by atoms with van der Waals surface area (Å²) in [4.78, 5) is 25.8. The summed E-state index contributed by atoms with van der Waals surface area (Å²) in [6, 6.07) is 26.2. The first-order valence-corrected chi connectivity index (χ1v) is 17.5. The number of hydrogen-bond donors (Lipinski definition) is 4. The molecule has 0 aliphatic heterocycles. The molecule has 57 heavy (non-hydrogen) atoms. The van der Waals surface area contributed by atoms with Crippen molar-refractivity contribution >= 4 is 56.7 Å². The van der Waals surface area contributed by atoms with Gasteiger partial charge in [-0.3, -0.25) is 9.59 Å². The van der Waals surface area contributed by atoms with E-state index in [4.69, 9.17) is 26.1 Å². The Hall–Kier alpha value is -7.96. The smallest absolute Gasteiger partial charge is 0.278 e. The van der Waals surface area contributed by atoms with Gasteiger partial charge in [0.15, 0.2) is 22.9 Å². The minimum absolute atomic E-state index is 0.112. The lowest BCUT2D eigenvalue weighted by atomic mass is 10.1. The van der Waals surface area contributed by atoms with Crippen molar-refractivity contribution in [3.05, 3.63) is 106 Å². The highest BCUT2D eigenvalue weighted by molar-refractivity contribution is 6.31. The second-order valence-electron chi connectivity index (χ2n) is 12.5. The lowest BCUT2D eigenvalue weighted by molar-refractivity contribution is 0.101. The molecular weight excluding hydrogens is 752 g/mol. The van der Waals surface area contributed by atoms with Gasteiger partial charge < -0.3 is 24.5 Å². The zero-order chi connectivity index (χ0) is 40.1. The van der Waals surface area contributed by atoms with Gasteiger partial charge in [0.25, 0.3) is 11.8 Å². The fourth-order valence-electron chi connectivity index (χ4n) is 5.74. The number of H-pyrrole nitrogens is 2. The van der Waals surface area contributed by atoms with Crippen molar-refractivity contribution in [3.8, 4) is 40.7 Å². The van der Waals surface area contributed by atoms with Gasteiger partial charge >= 0.3 is 0 Å². The van der Waals surface area contributed by atoms with Gasteiger partial charge in [-0.05, 0) is 101 Å². The first-order valence-electron chi connectivity index (χ1n) is 17.2. The van der Waals surface area contributed by atoms with Crippen molar-refractivity contribution in [2.45, 2.75) is 26.4 Å². The number of ether oxygens (including phenoxy) is 1. The summed E-state index contributed by atoms with van der Waals surface area (Å²) >= 11 is 5.91. The number of nitriles is 2. The molecule has 0 saturated heterocycles. The summed E-state index contributed by atoms with van der Waals surface area (Å²) in [6.45, 7) is 4.09. The van der Waals surface area contributed by atoms with E-state index in [1.165, 1.54) is 0 Å². The lowest BCUT2D eigenvalue weighted by Crippen LogP contribution is -2.16. The molecule has 2 amide bonds. The molecule has 4 aromatic carbocycles. The molecule has 8 rings (SSSR count). The third-order valence-corrected chi connectivity index (χ3v) is 9.04. The Morgan fingerprint density at radius 1 is 0.860 bits per heavy atom. The maximum absolute atomic E-state index is 13.1. The number of hydrogen-bond acceptors (Lipinski definition) is 13. The highest BCUT2D eigenvalue weighted by Crippen LogP contribution is 2.30. The number of halogens is 1. The fourth-order valence-corrected chi connectivity index (χ4v) is 5.91. The summed E-state index contributed by atoms with van der Waals surface area (Å²) in [6.07, 6.45) is 1.02. The summed E-state index contributed by atoms with van der Waals surface area (Å²) in [7, 11) is 1.84. The molecule has 1 unspecified atom stereocenters. The SMILES string of the molecule is CCC(C)Oc1ccc2cc(C(=O)Nc3ccc(C#N)cc3-c3nnn[nH]3)n(C)c2c1.N#Cc1ccc(NC(=O)c2noc3cc(Cl)ccc23)c(-c2nnn[nH]2)c1. The molecule has 0 spiro atoms. The van der Waals surface area contributed by atoms with E-state index in [2.05, 4.69) is 70.0 Å². The lowest BCUT2D eigenvalue weighted by Gasteiger charge is -2.13. The zero-order valence-corrected chi connectivity index (χ0v) is 31.0. The monoisotopic (exact) mass is 780 g/mol. The molecule has 4 aromatic heterocycles. The molecule has 1 atom stereocenters. The van der Waals surface area contributed by atoms with Gasteiger partial charge in [0.1, 0.15) is 11.4 Å². The number of anilines is 2. The Kier molecular flexibility index (Phi) is 10.6. The average molecular weight is 781 g/mol. The van der Waals surface area contributed by atoms with Crippen molar-refractivity contribution in [1.82, 2.24) is 51.0 Å². The number of carbonyl (C=O) groups is 2. The van der Waals surface area contributed by atoms with Crippen LogP contribution >= 0.6 is 11.6 Å². The molecule has 0 saturated carbocycles. The number of nitrogens with one attached hydrogen (secondary N) is 4. The van der Waals surface area contributed by atoms with E-state index in [0.717, 1.165) is 23.1 Å². The Morgan fingerprint density at radius 3 is 2.07 bits per heavy atom. The largest absolute Gasteiger partial charge is 0.491 e. The predicted octanol–water partition coefficient (Wildman–Crippen LogP) is 6.44. The number of aryl methyl sites for hydroxylation is 1. The first-order chi connectivity index (χ1) is 27.6. The molecule has 19 heteroatoms. The third-order valence-electron chi connectivity index (χ3n) is 8.81. The normalized spacial score (nSPS) is 11.3. The van der Waals surface area contributed by atoms with Crippen LogP contribution in [0.2, 0.25) is 5.02 Å². The molecule has 4 heterocycles. The highest BCUT2D eigenvalue weighted by atomic mass is 35.5. The molecule has 282 valence electrons. The Balaban J connectivity index is 0.000000177. The zero-order valence-electron chi connectivity index (χ0n) is 30.3. The number of fused-ring (bicyclic) bond motifs is 2. The molecule has 8 aromatic rings. The van der Waals surface area contributed by atoms with E-state index in [1.54, 1.807) is 54.6 Å². The number of aromatic nitrogens is 10. The van der Waals surface area contributed by atoms with Crippen molar-refractivity contribution in [2.24, 2.45) is 7.05 Å². The molecule has 0 fully saturated rings. The van der Waals surface area contributed by atoms with Crippen LogP contribution in [0.15, 0.2) is 83.4 Å². The van der Waals surface area contributed by atoms with Crippen molar-refractivity contribution in [1.29, 1.82) is 10.5 Å². The number of tetrazole rings is 2. The maximum atomic E-state index is 13.1. The van der Waals surface area contributed by atoms with E-state index in [0.29, 0.717) is 67.0 Å². The number of carbonyl (C=O) groups excluding carboxylic acids is 2. The van der Waals surface area contributed by atoms with Crippen molar-refractivity contribution in [2.75, 3.05) is 10.6 Å². The van der Waals surface area contributed by atoms with Gasteiger partial charge in [-0.15, -0.1) is 10.2 Å². The van der Waals surface area contributed by atoms with Gasteiger partial charge in [-0.1, -0.05) is 23.7 Å². The Morgan fingerprint density at radius 2 is 1.49 bits per heavy atom. The number of nitrogens with zero attached hydrogens (tertiary/aromatic N) is 10. The van der Waals surface area contributed by atoms with Crippen molar-refractivity contribution < 1.29 is 18.8 Å². The number of rotatable bonds is 9. The van der Waals surface area contributed by atoms with Gasteiger partial charge in [-0.25, -0.2) is 10.2 Å². The highest BCUT2D eigenvalue weighted by Gasteiger charge is 2.20. The summed E-state index contributed by atoms with van der Waals surface area (Å²) < 4.78 is 12.9. The van der Waals surface area contributed by atoms with Crippen LogP contribution in [-0.4, -0.2) is 68.9 Å². The van der Waals surface area contributed by atoms with Gasteiger partial charge in [0, 0.05) is 40.7 Å². The second-order valence-corrected chi connectivity index (χ2v) is 12.9. The van der Waals surface area contributed by atoms with Crippen LogP contribution in [0.3, 0.4) is 0 Å². The predicted molar refractivity (Wildman–Crippen MR) is 207 cm³/mol. The van der Waals surface area contributed by atoms with E-state index in [1.807, 2.05) is 48.9 Å². The third kappa shape index (κ3) is 7.97. The van der Waals surface area contributed by atoms with Crippen LogP contribution in [-0.2, 0) is 7.05 Å². The second kappa shape index (κ2) is 16.2. The van der Waals surface area contributed by atoms with Crippen LogP contribution in [0.4, 0.5) is 11.4 Å². The molecular formula is C38H29ClN14O4. The molecule has 0 radical (unpaired) electrons. The number of aromatic amines is 2. The van der Waals surface area contributed by atoms with Crippen LogP contribution in [0.25, 0.3) is 44.6 Å². The summed E-state index contributed by atoms with van der Waals surface area (Å²) in [5.41, 5.74) is 4.64. The fraction of sp³-hybridized carbons (Fsp3) is 0.132. The van der Waals surface area contributed by atoms with E-state index in [9.17, 15) is 14.9 Å². The van der Waals surface area contributed by atoms with E-state index >= 15 is 0 Å². The molecule has 4 N–H and O–H groups in total. The van der Waals surface area contributed by atoms with Crippen LogP contribution in [0.5, 0.6) is 5.75 Å². The topological polar surface area (TPSA) is 255 Å². The molecule has 18 nitrogen and oxygen atoms in total. The van der Waals surface area contributed by atoms with Crippen LogP contribution < -0.4 is 15.4 Å². The Bertz CT molecular complexity index is 2840. The Labute approximate surface area is 327 Å². The number of amides is 2. The quantitative estimate of drug-likeness (QED) is 0.123. The molecule has 0 aliphatic carbocycles. The molecule has 0 bridgehead atoms. The summed E-state index contributed by atoms with van der Waals surface area (Å²) in [5, 5.41) is 56.9. The van der Waals surface area contributed by atoms with Crippen molar-refractivity contribution in [3.63, 3.8) is 0 Å². The summed E-state index contributed by atoms with van der Waals surface area (Å²) in [5.74, 6) is 0.665. The minimum atomic E-state index is -0.482.